The topological polar surface area (TPSA) is 0 Å². The Morgan fingerprint density at radius 3 is 1.25 bits per heavy atom. The average Bonchev–Trinajstić information content (AvgIpc) is 1.00. The van der Waals surface area contributed by atoms with Gasteiger partial charge in [0.15, 0.2) is 0 Å². The van der Waals surface area contributed by atoms with Gasteiger partial charge in [0.05, 0.1) is 0 Å². The summed E-state index contributed by atoms with van der Waals surface area (Å²) in [5, 5.41) is 0. The molecule has 0 N–H and O–H groups in total. The van der Waals surface area contributed by atoms with Gasteiger partial charge in [-0.1, -0.05) is 0 Å². The molecule has 0 aromatic rings. The molecule has 0 rings (SSSR count). The third-order valence-electron chi connectivity index (χ3n) is 0. The maximum atomic E-state index is 3.17. The van der Waals surface area contributed by atoms with Crippen molar-refractivity contribution in [3.05, 3.63) is 0 Å². The van der Waals surface area contributed by atoms with Crippen molar-refractivity contribution in [2.75, 3.05) is 0 Å². The van der Waals surface area contributed by atoms with Crippen molar-refractivity contribution in [3.8, 4) is 0 Å². The van der Waals surface area contributed by atoms with Gasteiger partial charge in [0.1, 0.15) is 0 Å². The van der Waals surface area contributed by atoms with E-state index in [1.165, 1.54) is 0 Å². The predicted octanol–water partition coefficient (Wildman–Crippen LogP) is 0.318. The van der Waals surface area contributed by atoms with E-state index in [1.807, 2.05) is 0 Å². The van der Waals surface area contributed by atoms with Crippen molar-refractivity contribution in [1.82, 2.24) is 0 Å². The minimum atomic E-state index is 0. The number of hydrogen-bond donors (Lipinski definition) is 0. The van der Waals surface area contributed by atoms with E-state index in [0.717, 1.165) is 0 Å². The summed E-state index contributed by atoms with van der Waals surface area (Å²) in [6.07, 6.45) is 0. The van der Waals surface area contributed by atoms with Crippen LogP contribution in [0.25, 0.3) is 0 Å². The number of rotatable bonds is 0. The molecular weight excluding hydrogens is 196 g/mol. The van der Waals surface area contributed by atoms with Crippen molar-refractivity contribution < 1.29 is 50.6 Å². The molecule has 4 heavy (non-hydrogen) atoms. The molecule has 0 aliphatic carbocycles. The van der Waals surface area contributed by atoms with E-state index in [9.17, 15) is 0 Å². The first-order chi connectivity index (χ1) is 1.00. The second-order valence-electron chi connectivity index (χ2n) is 0. The van der Waals surface area contributed by atoms with Gasteiger partial charge in [0, 0.05) is 35.0 Å². The van der Waals surface area contributed by atoms with Gasteiger partial charge in [-0.05, 0) is 0 Å². The Labute approximate surface area is 58.3 Å². The van der Waals surface area contributed by atoms with E-state index in [1.54, 1.807) is 0 Å². The van der Waals surface area contributed by atoms with Crippen LogP contribution in [0.5, 0.6) is 0 Å². The van der Waals surface area contributed by atoms with Crippen molar-refractivity contribution in [3.63, 3.8) is 0 Å². The first-order valence-corrected chi connectivity index (χ1v) is 2.52. The first-order valence-electron chi connectivity index (χ1n) is 0.204. The Hall–Kier alpha value is 2.03. The Balaban J connectivity index is -0.00000000500. The zero-order valence-corrected chi connectivity index (χ0v) is 6.34. The molecule has 1 unspecified atom stereocenters. The standard InChI is InChI=1S/Fe.Ni.H2P.V/h;;1H2;/q+1;;-1;. The minimum absolute atomic E-state index is 0. The fourth-order valence-electron chi connectivity index (χ4n) is 0. The third kappa shape index (κ3) is 8.98. The van der Waals surface area contributed by atoms with E-state index in [0.29, 0.717) is 0 Å². The molecule has 1 radical (unpaired) electrons. The summed E-state index contributed by atoms with van der Waals surface area (Å²) in [5.74, 6) is 0. The summed E-state index contributed by atoms with van der Waals surface area (Å²) in [6, 6.07) is 0. The van der Waals surface area contributed by atoms with Crippen LogP contribution in [0.2, 0.25) is 0 Å². The third-order valence-corrected chi connectivity index (χ3v) is 0. The molecule has 4 heteroatoms. The van der Waals surface area contributed by atoms with Crippen LogP contribution in [-0.4, -0.2) is 0 Å². The molecule has 30 valence electrons. The molecule has 0 spiro atoms. The maximum Gasteiger partial charge on any atom is 0 e. The molecule has 0 amide bonds. The largest absolute Gasteiger partial charge is 0 e. The molecular formula is H2FeNiPV. The van der Waals surface area contributed by atoms with Gasteiger partial charge in [-0.3, -0.25) is 0 Å². The maximum absolute atomic E-state index is 3.17. The van der Waals surface area contributed by atoms with Gasteiger partial charge >= 0.3 is 23.5 Å². The second kappa shape index (κ2) is 19.8. The zero-order valence-electron chi connectivity index (χ0n) is 1.69. The van der Waals surface area contributed by atoms with Crippen molar-refractivity contribution >= 4 is 7.93 Å². The molecule has 0 fully saturated rings. The zero-order chi connectivity index (χ0) is 2.00. The molecule has 0 nitrogen and oxygen atoms in total. The van der Waals surface area contributed by atoms with Crippen LogP contribution >= 0.6 is 7.93 Å². The van der Waals surface area contributed by atoms with Gasteiger partial charge < -0.3 is 0 Å². The van der Waals surface area contributed by atoms with Crippen LogP contribution in [0.3, 0.4) is 0 Å². The Morgan fingerprint density at radius 1 is 1.25 bits per heavy atom. The van der Waals surface area contributed by atoms with Crippen LogP contribution in [0.15, 0.2) is 0 Å². The molecule has 0 aliphatic heterocycles. The second-order valence-corrected chi connectivity index (χ2v) is 0. The molecule has 0 aromatic carbocycles. The van der Waals surface area contributed by atoms with E-state index in [2.05, 4.69) is 23.5 Å². The summed E-state index contributed by atoms with van der Waals surface area (Å²) in [6.45, 7) is 0. The molecule has 0 bridgehead atoms. The summed E-state index contributed by atoms with van der Waals surface area (Å²) >= 11 is 3.17. The van der Waals surface area contributed by atoms with Crippen LogP contribution in [0.1, 0.15) is 0 Å². The Morgan fingerprint density at radius 2 is 1.25 bits per heavy atom. The van der Waals surface area contributed by atoms with Crippen molar-refractivity contribution in [2.24, 2.45) is 0 Å². The summed E-state index contributed by atoms with van der Waals surface area (Å²) in [4.78, 5) is 0. The summed E-state index contributed by atoms with van der Waals surface area (Å²) < 4.78 is 0. The Bertz CT molecular complexity index is 8.00. The molecule has 0 saturated heterocycles. The van der Waals surface area contributed by atoms with Crippen LogP contribution < -0.4 is 0 Å². The monoisotopic (exact) mass is 198 g/mol. The van der Waals surface area contributed by atoms with Crippen LogP contribution in [-0.2, 0) is 50.6 Å². The minimum Gasteiger partial charge on any atom is 0 e. The fraction of sp³-hybridized carbons (Fsp3) is 0. The first kappa shape index (κ1) is 16.6. The normalized spacial score (nSPS) is 1.50. The van der Waals surface area contributed by atoms with Crippen molar-refractivity contribution in [1.29, 1.82) is 0 Å². The Kier molecular flexibility index (Phi) is 82.4. The van der Waals surface area contributed by atoms with Gasteiger partial charge in [0.25, 0.3) is 0 Å². The van der Waals surface area contributed by atoms with Gasteiger partial charge in [0.2, 0.25) is 0 Å². The molecule has 0 saturated carbocycles. The summed E-state index contributed by atoms with van der Waals surface area (Å²) in [5.41, 5.74) is 0. The smallest absolute Gasteiger partial charge is 0 e. The molecule has 0 aromatic heterocycles. The average molecular weight is 198 g/mol. The van der Waals surface area contributed by atoms with Crippen LogP contribution in [0, 0.1) is 0 Å². The van der Waals surface area contributed by atoms with E-state index < -0.39 is 0 Å². The number of hydrogen-bond acceptors (Lipinski definition) is 0. The van der Waals surface area contributed by atoms with E-state index in [4.69, 9.17) is 0 Å². The van der Waals surface area contributed by atoms with Gasteiger partial charge in [-0.2, -0.15) is 0 Å². The quantitative estimate of drug-likeness (QED) is 0.388. The predicted molar refractivity (Wildman–Crippen MR) is 9.71 cm³/mol. The summed E-state index contributed by atoms with van der Waals surface area (Å²) in [7, 11) is 2.17. The molecule has 0 aliphatic rings. The van der Waals surface area contributed by atoms with Crippen molar-refractivity contribution in [2.45, 2.75) is 0 Å². The van der Waals surface area contributed by atoms with E-state index >= 15 is 0 Å². The molecule has 1 atom stereocenters. The SMILES string of the molecule is [Ni].[PH2][Fe].[V]. The molecule has 0 heterocycles. The van der Waals surface area contributed by atoms with Gasteiger partial charge in [-0.15, -0.1) is 0 Å². The van der Waals surface area contributed by atoms with E-state index in [-0.39, 0.29) is 35.0 Å². The van der Waals surface area contributed by atoms with Gasteiger partial charge in [-0.25, -0.2) is 0 Å². The van der Waals surface area contributed by atoms with Crippen LogP contribution in [0.4, 0.5) is 0 Å². The fourth-order valence-corrected chi connectivity index (χ4v) is 0.